The molecule has 11 heteroatoms. The maximum Gasteiger partial charge on any atom is 0.303 e. The fourth-order valence-electron chi connectivity index (χ4n) is 5.46. The maximum absolute atomic E-state index is 12.2. The number of carbonyl (C=O) groups excluding carboxylic acids is 3. The van der Waals surface area contributed by atoms with Crippen LogP contribution in [0.25, 0.3) is 0 Å². The summed E-state index contributed by atoms with van der Waals surface area (Å²) in [5.41, 5.74) is 2.93. The van der Waals surface area contributed by atoms with Gasteiger partial charge in [0, 0.05) is 20.8 Å². The number of hydrogen-bond acceptors (Lipinski definition) is 11. The van der Waals surface area contributed by atoms with Crippen molar-refractivity contribution in [2.45, 2.75) is 96.9 Å². The van der Waals surface area contributed by atoms with E-state index >= 15 is 0 Å². The van der Waals surface area contributed by atoms with Crippen LogP contribution in [0.5, 0.6) is 0 Å². The van der Waals surface area contributed by atoms with Crippen LogP contribution in [0.1, 0.15) is 50.8 Å². The lowest BCUT2D eigenvalue weighted by Gasteiger charge is -2.34. The van der Waals surface area contributed by atoms with Crippen LogP contribution in [0.3, 0.4) is 0 Å². The van der Waals surface area contributed by atoms with E-state index in [1.165, 1.54) is 20.8 Å². The molecule has 0 spiro atoms. The number of ether oxygens (including phenoxy) is 8. The molecule has 264 valence electrons. The molecule has 0 amide bonds. The standard InChI is InChI=1S/C38H46O11/c1-5-32(43-21-29-15-9-6-10-16-29)35(45-23-31-19-13-8-14-20-31)33(44-22-30-17-11-7-12-18-30)24-46-38-37(48-28(4)41)36(47-27(3)40)34(49-38)25-42-26(2)39/h6-20,32-38H,5,21-25H2,1-4H3/t32?,33?,34-,35?,36-,37?,38-/m1/s1. The molecule has 7 atom stereocenters. The average Bonchev–Trinajstić information content (AvgIpc) is 3.41. The molecular weight excluding hydrogens is 632 g/mol. The minimum atomic E-state index is -1.18. The van der Waals surface area contributed by atoms with Crippen molar-refractivity contribution in [3.8, 4) is 0 Å². The molecule has 1 aliphatic heterocycles. The molecular formula is C38H46O11. The summed E-state index contributed by atoms with van der Waals surface area (Å²) in [6, 6.07) is 29.4. The zero-order valence-electron chi connectivity index (χ0n) is 28.4. The minimum absolute atomic E-state index is 0.0764. The van der Waals surface area contributed by atoms with E-state index in [4.69, 9.17) is 37.9 Å². The van der Waals surface area contributed by atoms with E-state index < -0.39 is 60.8 Å². The summed E-state index contributed by atoms with van der Waals surface area (Å²) < 4.78 is 48.2. The van der Waals surface area contributed by atoms with E-state index in [0.29, 0.717) is 13.0 Å². The van der Waals surface area contributed by atoms with E-state index in [1.54, 1.807) is 0 Å². The van der Waals surface area contributed by atoms with Crippen molar-refractivity contribution in [1.29, 1.82) is 0 Å². The molecule has 0 saturated carbocycles. The molecule has 1 fully saturated rings. The van der Waals surface area contributed by atoms with Gasteiger partial charge < -0.3 is 37.9 Å². The number of esters is 3. The van der Waals surface area contributed by atoms with Crippen molar-refractivity contribution in [3.05, 3.63) is 108 Å². The van der Waals surface area contributed by atoms with Crippen molar-refractivity contribution in [2.75, 3.05) is 13.2 Å². The van der Waals surface area contributed by atoms with Crippen LogP contribution in [-0.2, 0) is 72.1 Å². The monoisotopic (exact) mass is 678 g/mol. The van der Waals surface area contributed by atoms with Crippen molar-refractivity contribution in [2.24, 2.45) is 0 Å². The molecule has 11 nitrogen and oxygen atoms in total. The lowest BCUT2D eigenvalue weighted by molar-refractivity contribution is -0.219. The Labute approximate surface area is 287 Å². The molecule has 0 aliphatic carbocycles. The molecule has 1 saturated heterocycles. The van der Waals surface area contributed by atoms with Crippen molar-refractivity contribution < 1.29 is 52.3 Å². The Morgan fingerprint density at radius 3 is 1.57 bits per heavy atom. The Kier molecular flexibility index (Phi) is 15.2. The van der Waals surface area contributed by atoms with Crippen molar-refractivity contribution in [3.63, 3.8) is 0 Å². The van der Waals surface area contributed by atoms with Gasteiger partial charge in [0.05, 0.1) is 32.5 Å². The Balaban J connectivity index is 1.61. The van der Waals surface area contributed by atoms with E-state index in [-0.39, 0.29) is 26.4 Å². The number of rotatable bonds is 19. The van der Waals surface area contributed by atoms with Crippen LogP contribution in [-0.4, -0.2) is 74.0 Å². The Bertz CT molecular complexity index is 1420. The first-order valence-electron chi connectivity index (χ1n) is 16.4. The van der Waals surface area contributed by atoms with Gasteiger partial charge in [0.15, 0.2) is 18.5 Å². The molecule has 1 heterocycles. The highest BCUT2D eigenvalue weighted by Crippen LogP contribution is 2.30. The summed E-state index contributed by atoms with van der Waals surface area (Å²) in [5.74, 6) is -1.81. The van der Waals surface area contributed by atoms with Gasteiger partial charge in [0.1, 0.15) is 24.9 Å². The minimum Gasteiger partial charge on any atom is -0.463 e. The van der Waals surface area contributed by atoms with Gasteiger partial charge in [-0.25, -0.2) is 0 Å². The number of carbonyl (C=O) groups is 3. The summed E-state index contributed by atoms with van der Waals surface area (Å²) in [5, 5.41) is 0. The molecule has 0 aromatic heterocycles. The molecule has 1 aliphatic rings. The van der Waals surface area contributed by atoms with Crippen LogP contribution in [0.4, 0.5) is 0 Å². The SMILES string of the molecule is CCC(OCc1ccccc1)C(OCc1ccccc1)C(CO[C@@H]1O[C@H](COC(C)=O)[C@@H](OC(C)=O)C1OC(C)=O)OCc1ccccc1. The normalized spacial score (nSPS) is 20.6. The van der Waals surface area contributed by atoms with Gasteiger partial charge in [-0.3, -0.25) is 14.4 Å². The van der Waals surface area contributed by atoms with Crippen LogP contribution < -0.4 is 0 Å². The first-order valence-corrected chi connectivity index (χ1v) is 16.4. The van der Waals surface area contributed by atoms with Gasteiger partial charge in [-0.15, -0.1) is 0 Å². The molecule has 4 unspecified atom stereocenters. The zero-order chi connectivity index (χ0) is 35.0. The van der Waals surface area contributed by atoms with E-state index in [0.717, 1.165) is 16.7 Å². The Morgan fingerprint density at radius 1 is 0.633 bits per heavy atom. The topological polar surface area (TPSA) is 125 Å². The Morgan fingerprint density at radius 2 is 1.10 bits per heavy atom. The highest BCUT2D eigenvalue weighted by Gasteiger charge is 2.51. The highest BCUT2D eigenvalue weighted by molar-refractivity contribution is 5.68. The van der Waals surface area contributed by atoms with E-state index in [1.807, 2.05) is 97.9 Å². The quantitative estimate of drug-likeness (QED) is 0.121. The maximum atomic E-state index is 12.2. The van der Waals surface area contributed by atoms with Crippen LogP contribution >= 0.6 is 0 Å². The van der Waals surface area contributed by atoms with Crippen molar-refractivity contribution >= 4 is 17.9 Å². The van der Waals surface area contributed by atoms with E-state index in [9.17, 15) is 14.4 Å². The first-order chi connectivity index (χ1) is 23.7. The van der Waals surface area contributed by atoms with Gasteiger partial charge in [0.25, 0.3) is 0 Å². The second-order valence-corrected chi connectivity index (χ2v) is 11.7. The van der Waals surface area contributed by atoms with Gasteiger partial charge in [-0.1, -0.05) is 97.9 Å². The first kappa shape index (κ1) is 37.7. The highest BCUT2D eigenvalue weighted by atomic mass is 16.7. The average molecular weight is 679 g/mol. The van der Waals surface area contributed by atoms with Gasteiger partial charge in [-0.05, 0) is 23.1 Å². The van der Waals surface area contributed by atoms with Crippen molar-refractivity contribution in [1.82, 2.24) is 0 Å². The molecule has 0 bridgehead atoms. The Hall–Kier alpha value is -4.13. The summed E-state index contributed by atoms with van der Waals surface area (Å²) in [6.07, 6.45) is -5.49. The summed E-state index contributed by atoms with van der Waals surface area (Å²) in [4.78, 5) is 35.8. The van der Waals surface area contributed by atoms with Crippen LogP contribution in [0, 0.1) is 0 Å². The fraction of sp³-hybridized carbons (Fsp3) is 0.447. The van der Waals surface area contributed by atoms with E-state index in [2.05, 4.69) is 0 Å². The third-order valence-electron chi connectivity index (χ3n) is 7.78. The van der Waals surface area contributed by atoms with Crippen LogP contribution in [0.2, 0.25) is 0 Å². The van der Waals surface area contributed by atoms with Gasteiger partial charge in [-0.2, -0.15) is 0 Å². The summed E-state index contributed by atoms with van der Waals surface area (Å²) >= 11 is 0. The number of benzene rings is 3. The largest absolute Gasteiger partial charge is 0.463 e. The predicted molar refractivity (Wildman–Crippen MR) is 178 cm³/mol. The molecule has 4 rings (SSSR count). The summed E-state index contributed by atoms with van der Waals surface area (Å²) in [6.45, 7) is 6.31. The third kappa shape index (κ3) is 12.4. The van der Waals surface area contributed by atoms with Gasteiger partial charge >= 0.3 is 17.9 Å². The smallest absolute Gasteiger partial charge is 0.303 e. The molecule has 3 aromatic rings. The zero-order valence-corrected chi connectivity index (χ0v) is 28.4. The van der Waals surface area contributed by atoms with Crippen LogP contribution in [0.15, 0.2) is 91.0 Å². The predicted octanol–water partition coefficient (Wildman–Crippen LogP) is 5.32. The second-order valence-electron chi connectivity index (χ2n) is 11.7. The molecule has 0 N–H and O–H groups in total. The van der Waals surface area contributed by atoms with Gasteiger partial charge in [0.2, 0.25) is 0 Å². The lowest BCUT2D eigenvalue weighted by atomic mass is 10.0. The molecule has 3 aromatic carbocycles. The second kappa shape index (κ2) is 19.8. The molecule has 0 radical (unpaired) electrons. The third-order valence-corrected chi connectivity index (χ3v) is 7.78. The molecule has 49 heavy (non-hydrogen) atoms. The number of hydrogen-bond donors (Lipinski definition) is 0. The summed E-state index contributed by atoms with van der Waals surface area (Å²) in [7, 11) is 0. The lowest BCUT2D eigenvalue weighted by Crippen LogP contribution is -2.46. The fourth-order valence-corrected chi connectivity index (χ4v) is 5.46.